The fourth-order valence-corrected chi connectivity index (χ4v) is 6.29. The number of carbonyl (C=O) groups excluding carboxylic acids is 1. The number of amides is 1. The first-order chi connectivity index (χ1) is 15.7. The third-order valence-electron chi connectivity index (χ3n) is 5.97. The normalized spacial score (nSPS) is 16.5. The fourth-order valence-electron chi connectivity index (χ4n) is 4.04. The lowest BCUT2D eigenvalue weighted by molar-refractivity contribution is -0.118. The highest BCUT2D eigenvalue weighted by molar-refractivity contribution is 7.91. The summed E-state index contributed by atoms with van der Waals surface area (Å²) < 4.78 is 32.4. The first-order valence-electron chi connectivity index (χ1n) is 11.4. The fraction of sp³-hybridized carbons (Fsp3) is 0.440. The minimum Gasteiger partial charge on any atom is -0.376 e. The smallest absolute Gasteiger partial charge is 0.229 e. The average Bonchev–Trinajstić information content (AvgIpc) is 3.45. The number of nitrogens with zero attached hydrogens (tertiary/aromatic N) is 2. The van der Waals surface area contributed by atoms with Gasteiger partial charge >= 0.3 is 0 Å². The van der Waals surface area contributed by atoms with Gasteiger partial charge in [0.05, 0.1) is 33.5 Å². The van der Waals surface area contributed by atoms with Crippen LogP contribution in [0.15, 0.2) is 47.4 Å². The predicted molar refractivity (Wildman–Crippen MR) is 133 cm³/mol. The number of carbonyl (C=O) groups is 1. The molecule has 1 aromatic heterocycles. The number of fused-ring (bicyclic) bond motifs is 1. The molecule has 176 valence electrons. The van der Waals surface area contributed by atoms with Crippen LogP contribution in [0, 0.1) is 6.92 Å². The van der Waals surface area contributed by atoms with Crippen LogP contribution in [0.2, 0.25) is 0 Å². The molecule has 2 aromatic carbocycles. The van der Waals surface area contributed by atoms with Crippen LogP contribution in [0.1, 0.15) is 50.2 Å². The summed E-state index contributed by atoms with van der Waals surface area (Å²) in [4.78, 5) is 20.0. The molecular formula is C25H30N2O4S2. The highest BCUT2D eigenvalue weighted by Gasteiger charge is 2.28. The summed E-state index contributed by atoms with van der Waals surface area (Å²) in [5.41, 5.74) is 3.04. The molecule has 0 N–H and O–H groups in total. The molecule has 1 saturated heterocycles. The van der Waals surface area contributed by atoms with E-state index in [1.807, 2.05) is 19.1 Å². The topological polar surface area (TPSA) is 76.6 Å². The van der Waals surface area contributed by atoms with Gasteiger partial charge in [-0.05, 0) is 49.4 Å². The molecule has 0 bridgehead atoms. The van der Waals surface area contributed by atoms with Crippen molar-refractivity contribution in [1.29, 1.82) is 0 Å². The van der Waals surface area contributed by atoms with Crippen molar-refractivity contribution in [1.82, 2.24) is 4.98 Å². The van der Waals surface area contributed by atoms with Crippen LogP contribution in [-0.4, -0.2) is 44.3 Å². The Morgan fingerprint density at radius 2 is 1.97 bits per heavy atom. The van der Waals surface area contributed by atoms with E-state index in [0.29, 0.717) is 24.2 Å². The van der Waals surface area contributed by atoms with E-state index in [2.05, 4.69) is 19.9 Å². The SMILES string of the molecule is Cc1ccc(S(=O)(=O)CCC(=O)N(CC2CCCO2)c2nc3c(C(C)C)cccc3s2)cc1. The number of sulfone groups is 1. The van der Waals surface area contributed by atoms with Crippen LogP contribution < -0.4 is 4.90 Å². The van der Waals surface area contributed by atoms with Crippen molar-refractivity contribution >= 4 is 42.4 Å². The van der Waals surface area contributed by atoms with Crippen LogP contribution >= 0.6 is 11.3 Å². The molecule has 1 fully saturated rings. The van der Waals surface area contributed by atoms with Gasteiger partial charge in [0.25, 0.3) is 0 Å². The number of rotatable bonds is 8. The lowest BCUT2D eigenvalue weighted by Crippen LogP contribution is -2.38. The first-order valence-corrected chi connectivity index (χ1v) is 13.8. The molecule has 0 spiro atoms. The van der Waals surface area contributed by atoms with E-state index in [0.717, 1.165) is 34.2 Å². The van der Waals surface area contributed by atoms with E-state index in [1.165, 1.54) is 11.3 Å². The van der Waals surface area contributed by atoms with Gasteiger partial charge < -0.3 is 4.74 Å². The molecule has 2 heterocycles. The molecule has 4 rings (SSSR count). The van der Waals surface area contributed by atoms with E-state index in [-0.39, 0.29) is 29.1 Å². The molecule has 8 heteroatoms. The molecule has 1 aliphatic heterocycles. The van der Waals surface area contributed by atoms with Crippen LogP contribution in [-0.2, 0) is 19.4 Å². The summed E-state index contributed by atoms with van der Waals surface area (Å²) in [6, 6.07) is 12.8. The summed E-state index contributed by atoms with van der Waals surface area (Å²) in [5.74, 6) is -0.170. The van der Waals surface area contributed by atoms with E-state index >= 15 is 0 Å². The number of hydrogen-bond donors (Lipinski definition) is 0. The van der Waals surface area contributed by atoms with Gasteiger partial charge in [-0.2, -0.15) is 0 Å². The first kappa shape index (κ1) is 23.9. The zero-order chi connectivity index (χ0) is 23.6. The van der Waals surface area contributed by atoms with Crippen LogP contribution in [0.25, 0.3) is 10.2 Å². The molecular weight excluding hydrogens is 456 g/mol. The number of hydrogen-bond acceptors (Lipinski definition) is 6. The van der Waals surface area contributed by atoms with Crippen LogP contribution in [0.5, 0.6) is 0 Å². The monoisotopic (exact) mass is 486 g/mol. The zero-order valence-corrected chi connectivity index (χ0v) is 20.9. The van der Waals surface area contributed by atoms with Crippen molar-refractivity contribution in [3.63, 3.8) is 0 Å². The van der Waals surface area contributed by atoms with Crippen molar-refractivity contribution in [2.45, 2.75) is 57.0 Å². The molecule has 1 amide bonds. The van der Waals surface area contributed by atoms with E-state index in [9.17, 15) is 13.2 Å². The summed E-state index contributed by atoms with van der Waals surface area (Å²) in [5, 5.41) is 0.603. The highest BCUT2D eigenvalue weighted by Crippen LogP contribution is 2.34. The van der Waals surface area contributed by atoms with Gasteiger partial charge in [-0.15, -0.1) is 0 Å². The maximum absolute atomic E-state index is 13.3. The Morgan fingerprint density at radius 1 is 1.21 bits per heavy atom. The Bertz CT molecular complexity index is 1230. The van der Waals surface area contributed by atoms with E-state index < -0.39 is 9.84 Å². The Morgan fingerprint density at radius 3 is 2.64 bits per heavy atom. The second kappa shape index (κ2) is 9.91. The Labute approximate surface area is 199 Å². The van der Waals surface area contributed by atoms with Crippen molar-refractivity contribution in [2.24, 2.45) is 0 Å². The van der Waals surface area contributed by atoms with Gasteiger partial charge in [0.15, 0.2) is 15.0 Å². The lowest BCUT2D eigenvalue weighted by Gasteiger charge is -2.23. The minimum absolute atomic E-state index is 0.0563. The summed E-state index contributed by atoms with van der Waals surface area (Å²) in [6.45, 7) is 7.23. The van der Waals surface area contributed by atoms with Gasteiger partial charge in [-0.3, -0.25) is 9.69 Å². The molecule has 6 nitrogen and oxygen atoms in total. The minimum atomic E-state index is -3.55. The standard InChI is InChI=1S/C25H30N2O4S2/c1-17(2)21-7-4-8-22-24(21)26-25(32-22)27(16-19-6-5-14-31-19)23(28)13-15-33(29,30)20-11-9-18(3)10-12-20/h4,7-12,17,19H,5-6,13-16H2,1-3H3. The number of benzene rings is 2. The van der Waals surface area contributed by atoms with E-state index in [1.54, 1.807) is 29.2 Å². The molecule has 0 radical (unpaired) electrons. The van der Waals surface area contributed by atoms with Crippen molar-refractivity contribution < 1.29 is 17.9 Å². The molecule has 1 unspecified atom stereocenters. The van der Waals surface area contributed by atoms with Crippen LogP contribution in [0.4, 0.5) is 5.13 Å². The largest absolute Gasteiger partial charge is 0.376 e. The third kappa shape index (κ3) is 5.45. The van der Waals surface area contributed by atoms with Gasteiger partial charge in [0.2, 0.25) is 5.91 Å². The summed E-state index contributed by atoms with van der Waals surface area (Å²) in [7, 11) is -3.55. The van der Waals surface area contributed by atoms with Crippen molar-refractivity contribution in [2.75, 3.05) is 23.8 Å². The van der Waals surface area contributed by atoms with Gasteiger partial charge in [0, 0.05) is 13.0 Å². The van der Waals surface area contributed by atoms with E-state index in [4.69, 9.17) is 9.72 Å². The highest BCUT2D eigenvalue weighted by atomic mass is 32.2. The zero-order valence-electron chi connectivity index (χ0n) is 19.3. The summed E-state index contributed by atoms with van der Waals surface area (Å²) >= 11 is 1.47. The number of aryl methyl sites for hydroxylation is 1. The predicted octanol–water partition coefficient (Wildman–Crippen LogP) is 5.10. The molecule has 3 aromatic rings. The molecule has 1 atom stereocenters. The second-order valence-corrected chi connectivity index (χ2v) is 12.0. The molecule has 0 saturated carbocycles. The number of anilines is 1. The average molecular weight is 487 g/mol. The van der Waals surface area contributed by atoms with Gasteiger partial charge in [-0.25, -0.2) is 13.4 Å². The third-order valence-corrected chi connectivity index (χ3v) is 8.74. The van der Waals surface area contributed by atoms with Crippen LogP contribution in [0.3, 0.4) is 0 Å². The number of thiazole rings is 1. The van der Waals surface area contributed by atoms with Crippen molar-refractivity contribution in [3.8, 4) is 0 Å². The Hall–Kier alpha value is -2.29. The van der Waals surface area contributed by atoms with Gasteiger partial charge in [-0.1, -0.05) is 55.0 Å². The lowest BCUT2D eigenvalue weighted by atomic mass is 10.0. The Kier molecular flexibility index (Phi) is 7.16. The number of aromatic nitrogens is 1. The molecule has 0 aliphatic carbocycles. The molecule has 1 aliphatic rings. The van der Waals surface area contributed by atoms with Gasteiger partial charge in [0.1, 0.15) is 0 Å². The number of ether oxygens (including phenoxy) is 1. The Balaban J connectivity index is 1.59. The van der Waals surface area contributed by atoms with Crippen molar-refractivity contribution in [3.05, 3.63) is 53.6 Å². The summed E-state index contributed by atoms with van der Waals surface area (Å²) in [6.07, 6.45) is 1.69. The second-order valence-electron chi connectivity index (χ2n) is 8.87. The quantitative estimate of drug-likeness (QED) is 0.443. The maximum atomic E-state index is 13.3. The molecule has 33 heavy (non-hydrogen) atoms. The number of para-hydroxylation sites is 1. The maximum Gasteiger partial charge on any atom is 0.229 e.